The molecule has 5 rings (SSSR count). The SMILES string of the molecule is O=S(=O)(c1ccccc1)N1CCCCN2[C@H](CO)[C@@H](c3ccc(-c4cncnc4)cc3)[C@@H]2C1. The van der Waals surface area contributed by atoms with Gasteiger partial charge >= 0.3 is 0 Å². The monoisotopic (exact) mass is 464 g/mol. The summed E-state index contributed by atoms with van der Waals surface area (Å²) >= 11 is 0. The lowest BCUT2D eigenvalue weighted by molar-refractivity contribution is -0.0553. The zero-order chi connectivity index (χ0) is 22.8. The summed E-state index contributed by atoms with van der Waals surface area (Å²) in [6.45, 7) is 1.88. The summed E-state index contributed by atoms with van der Waals surface area (Å²) in [5, 5.41) is 10.2. The highest BCUT2D eigenvalue weighted by Crippen LogP contribution is 2.42. The van der Waals surface area contributed by atoms with Crippen molar-refractivity contribution in [2.45, 2.75) is 35.7 Å². The first kappa shape index (κ1) is 22.2. The number of hydrogen-bond acceptors (Lipinski definition) is 6. The summed E-state index contributed by atoms with van der Waals surface area (Å²) in [6.07, 6.45) is 6.80. The summed E-state index contributed by atoms with van der Waals surface area (Å²) in [4.78, 5) is 10.8. The lowest BCUT2D eigenvalue weighted by atomic mass is 9.74. The van der Waals surface area contributed by atoms with Gasteiger partial charge in [0.1, 0.15) is 6.33 Å². The van der Waals surface area contributed by atoms with Gasteiger partial charge in [-0.05, 0) is 42.6 Å². The van der Waals surface area contributed by atoms with Crippen molar-refractivity contribution in [2.75, 3.05) is 26.2 Å². The molecule has 2 aliphatic rings. The predicted octanol–water partition coefficient (Wildman–Crippen LogP) is 2.76. The Morgan fingerprint density at radius 2 is 1.61 bits per heavy atom. The molecule has 0 spiro atoms. The Morgan fingerprint density at radius 3 is 2.30 bits per heavy atom. The van der Waals surface area contributed by atoms with E-state index in [1.807, 2.05) is 18.2 Å². The van der Waals surface area contributed by atoms with Crippen LogP contribution in [0, 0.1) is 0 Å². The molecular formula is C25H28N4O3S. The maximum Gasteiger partial charge on any atom is 0.243 e. The molecule has 0 radical (unpaired) electrons. The summed E-state index contributed by atoms with van der Waals surface area (Å²) in [5.74, 6) is 0.0719. The van der Waals surface area contributed by atoms with Gasteiger partial charge in [-0.1, -0.05) is 42.5 Å². The van der Waals surface area contributed by atoms with Gasteiger partial charge in [0.05, 0.1) is 11.5 Å². The lowest BCUT2D eigenvalue weighted by Crippen LogP contribution is -2.67. The molecule has 0 unspecified atom stereocenters. The summed E-state index contributed by atoms with van der Waals surface area (Å²) < 4.78 is 28.4. The van der Waals surface area contributed by atoms with E-state index >= 15 is 0 Å². The Labute approximate surface area is 194 Å². The molecule has 1 N–H and O–H groups in total. The maximum absolute atomic E-state index is 13.4. The number of sulfonamides is 1. The van der Waals surface area contributed by atoms with Gasteiger partial charge in [0, 0.05) is 49.0 Å². The van der Waals surface area contributed by atoms with Crippen LogP contribution in [0.1, 0.15) is 24.3 Å². The van der Waals surface area contributed by atoms with E-state index in [0.29, 0.717) is 18.0 Å². The molecule has 3 atom stereocenters. The highest BCUT2D eigenvalue weighted by atomic mass is 32.2. The normalized spacial score (nSPS) is 24.3. The van der Waals surface area contributed by atoms with Gasteiger partial charge < -0.3 is 5.11 Å². The van der Waals surface area contributed by atoms with Gasteiger partial charge in [-0.3, -0.25) is 4.90 Å². The summed E-state index contributed by atoms with van der Waals surface area (Å²) in [6, 6.07) is 17.0. The molecule has 0 amide bonds. The number of rotatable bonds is 5. The van der Waals surface area contributed by atoms with E-state index in [1.54, 1.807) is 41.0 Å². The van der Waals surface area contributed by atoms with Crippen molar-refractivity contribution in [1.82, 2.24) is 19.2 Å². The first-order valence-corrected chi connectivity index (χ1v) is 12.8. The van der Waals surface area contributed by atoms with Crippen molar-refractivity contribution in [1.29, 1.82) is 0 Å². The number of nitrogens with zero attached hydrogens (tertiary/aromatic N) is 4. The van der Waals surface area contributed by atoms with Crippen LogP contribution in [0.15, 0.2) is 78.2 Å². The Morgan fingerprint density at radius 1 is 0.909 bits per heavy atom. The van der Waals surface area contributed by atoms with E-state index in [0.717, 1.165) is 36.1 Å². The third-order valence-electron chi connectivity index (χ3n) is 6.90. The summed E-state index contributed by atoms with van der Waals surface area (Å²) in [7, 11) is -3.57. The first-order valence-electron chi connectivity index (χ1n) is 11.4. The van der Waals surface area contributed by atoms with E-state index in [4.69, 9.17) is 0 Å². The van der Waals surface area contributed by atoms with Crippen LogP contribution in [-0.2, 0) is 10.0 Å². The van der Waals surface area contributed by atoms with Crippen LogP contribution >= 0.6 is 0 Å². The van der Waals surface area contributed by atoms with Crippen LogP contribution < -0.4 is 0 Å². The fraction of sp³-hybridized carbons (Fsp3) is 0.360. The van der Waals surface area contributed by atoms with Crippen LogP contribution in [-0.4, -0.2) is 71.0 Å². The molecule has 172 valence electrons. The second-order valence-corrected chi connectivity index (χ2v) is 10.7. The Bertz CT molecular complexity index is 1170. The molecule has 33 heavy (non-hydrogen) atoms. The molecule has 3 aromatic rings. The van der Waals surface area contributed by atoms with Crippen LogP contribution in [0.25, 0.3) is 11.1 Å². The zero-order valence-corrected chi connectivity index (χ0v) is 19.2. The molecule has 3 heterocycles. The van der Waals surface area contributed by atoms with Crippen molar-refractivity contribution >= 4 is 10.0 Å². The smallest absolute Gasteiger partial charge is 0.243 e. The third kappa shape index (κ3) is 4.19. The molecule has 8 heteroatoms. The highest BCUT2D eigenvalue weighted by Gasteiger charge is 2.50. The van der Waals surface area contributed by atoms with E-state index in [2.05, 4.69) is 27.0 Å². The highest BCUT2D eigenvalue weighted by molar-refractivity contribution is 7.89. The van der Waals surface area contributed by atoms with Crippen molar-refractivity contribution < 1.29 is 13.5 Å². The molecule has 7 nitrogen and oxygen atoms in total. The standard InChI is InChI=1S/C25H28N4O3S/c30-17-24-25(20-10-8-19(9-11-20)21-14-26-18-27-15-21)23-16-28(12-4-5-13-29(23)24)33(31,32)22-6-2-1-3-7-22/h1-3,6-11,14-15,18,23-25,30H,4-5,12-13,16-17H2/t23-,24+,25-/m0/s1. The van der Waals surface area contributed by atoms with E-state index in [1.165, 1.54) is 6.33 Å². The lowest BCUT2D eigenvalue weighted by Gasteiger charge is -2.57. The summed E-state index contributed by atoms with van der Waals surface area (Å²) in [5.41, 5.74) is 3.10. The Hall–Kier alpha value is -2.65. The Balaban J connectivity index is 1.42. The van der Waals surface area contributed by atoms with Gasteiger partial charge in [0.15, 0.2) is 0 Å². The van der Waals surface area contributed by atoms with Gasteiger partial charge in [-0.25, -0.2) is 18.4 Å². The second kappa shape index (κ2) is 9.30. The van der Waals surface area contributed by atoms with Crippen LogP contribution in [0.5, 0.6) is 0 Å². The number of aliphatic hydroxyl groups excluding tert-OH is 1. The largest absolute Gasteiger partial charge is 0.395 e. The van der Waals surface area contributed by atoms with Crippen LogP contribution in [0.2, 0.25) is 0 Å². The van der Waals surface area contributed by atoms with E-state index in [-0.39, 0.29) is 24.6 Å². The molecule has 0 saturated carbocycles. The first-order chi connectivity index (χ1) is 16.1. The van der Waals surface area contributed by atoms with Gasteiger partial charge in [-0.2, -0.15) is 4.31 Å². The van der Waals surface area contributed by atoms with Crippen molar-refractivity contribution in [3.05, 3.63) is 78.9 Å². The molecule has 0 aliphatic carbocycles. The number of aromatic nitrogens is 2. The van der Waals surface area contributed by atoms with E-state index in [9.17, 15) is 13.5 Å². The molecule has 2 aliphatic heterocycles. The minimum Gasteiger partial charge on any atom is -0.395 e. The van der Waals surface area contributed by atoms with Crippen molar-refractivity contribution in [3.8, 4) is 11.1 Å². The van der Waals surface area contributed by atoms with Crippen LogP contribution in [0.4, 0.5) is 0 Å². The quantitative estimate of drug-likeness (QED) is 0.625. The average Bonchev–Trinajstić information content (AvgIpc) is 2.84. The van der Waals surface area contributed by atoms with Gasteiger partial charge in [0.2, 0.25) is 10.0 Å². The average molecular weight is 465 g/mol. The molecule has 0 bridgehead atoms. The molecule has 2 saturated heterocycles. The fourth-order valence-electron chi connectivity index (χ4n) is 5.21. The van der Waals surface area contributed by atoms with Crippen LogP contribution in [0.3, 0.4) is 0 Å². The Kier molecular flexibility index (Phi) is 6.25. The number of aliphatic hydroxyl groups is 1. The molecular weight excluding hydrogens is 436 g/mol. The van der Waals surface area contributed by atoms with Crippen molar-refractivity contribution in [2.24, 2.45) is 0 Å². The van der Waals surface area contributed by atoms with Gasteiger partial charge in [0.25, 0.3) is 0 Å². The third-order valence-corrected chi connectivity index (χ3v) is 8.78. The van der Waals surface area contributed by atoms with Gasteiger partial charge in [-0.15, -0.1) is 0 Å². The van der Waals surface area contributed by atoms with E-state index < -0.39 is 10.0 Å². The van der Waals surface area contributed by atoms with Crippen molar-refractivity contribution in [3.63, 3.8) is 0 Å². The fourth-order valence-corrected chi connectivity index (χ4v) is 6.73. The topological polar surface area (TPSA) is 86.6 Å². The molecule has 2 aromatic carbocycles. The predicted molar refractivity (Wildman–Crippen MR) is 126 cm³/mol. The number of fused-ring (bicyclic) bond motifs is 1. The number of benzene rings is 2. The maximum atomic E-state index is 13.4. The number of hydrogen-bond donors (Lipinski definition) is 1. The molecule has 1 aromatic heterocycles. The second-order valence-electron chi connectivity index (χ2n) is 8.71. The minimum atomic E-state index is -3.57. The molecule has 2 fully saturated rings. The minimum absolute atomic E-state index is 0.000267. The zero-order valence-electron chi connectivity index (χ0n) is 18.4.